The van der Waals surface area contributed by atoms with E-state index in [0.29, 0.717) is 6.54 Å². The number of nitrogens with zero attached hydrogens (tertiary/aromatic N) is 3. The molecule has 0 unspecified atom stereocenters. The lowest BCUT2D eigenvalue weighted by molar-refractivity contribution is -0.138. The summed E-state index contributed by atoms with van der Waals surface area (Å²) in [6, 6.07) is 14.2. The number of halogens is 1. The van der Waals surface area contributed by atoms with Crippen LogP contribution in [0, 0.1) is 37.9 Å². The van der Waals surface area contributed by atoms with Crippen molar-refractivity contribution in [1.82, 2.24) is 9.78 Å². The van der Waals surface area contributed by atoms with Crippen molar-refractivity contribution in [3.05, 3.63) is 93.6 Å². The zero-order chi connectivity index (χ0) is 21.7. The van der Waals surface area contributed by atoms with Gasteiger partial charge in [-0.05, 0) is 44.5 Å². The molecule has 0 saturated heterocycles. The molecule has 0 aliphatic carbocycles. The zero-order valence-electron chi connectivity index (χ0n) is 17.1. The first-order valence-corrected chi connectivity index (χ1v) is 9.50. The highest BCUT2D eigenvalue weighted by molar-refractivity contribution is 5.87. The topological polar surface area (TPSA) is 67.9 Å². The van der Waals surface area contributed by atoms with Crippen LogP contribution in [0.5, 0.6) is 0 Å². The molecule has 6 heteroatoms. The zero-order valence-corrected chi connectivity index (χ0v) is 17.1. The fraction of sp³-hybridized carbons (Fsp3) is 0.208. The summed E-state index contributed by atoms with van der Waals surface area (Å²) in [6.07, 6.45) is 2.98. The summed E-state index contributed by atoms with van der Waals surface area (Å²) in [5, 5.41) is 13.3. The molecule has 0 amide bonds. The maximum atomic E-state index is 13.9. The summed E-state index contributed by atoms with van der Waals surface area (Å²) >= 11 is 0. The summed E-state index contributed by atoms with van der Waals surface area (Å²) in [7, 11) is 0. The second-order valence-electron chi connectivity index (χ2n) is 7.09. The first kappa shape index (κ1) is 21.0. The molecule has 30 heavy (non-hydrogen) atoms. The number of benzene rings is 2. The summed E-state index contributed by atoms with van der Waals surface area (Å²) in [5.41, 5.74) is 5.38. The van der Waals surface area contributed by atoms with E-state index < -0.39 is 11.8 Å². The van der Waals surface area contributed by atoms with E-state index in [2.05, 4.69) is 29.4 Å². The minimum atomic E-state index is -0.580. The molecule has 5 nitrogen and oxygen atoms in total. The predicted octanol–water partition coefficient (Wildman–Crippen LogP) is 4.62. The average Bonchev–Trinajstić information content (AvgIpc) is 2.99. The molecule has 0 spiro atoms. The SMILES string of the molecule is Cc1ccc(Cn2nc(C)c(C=CC(=O)OCc3ccc(C#N)cc3F)c2C)cc1. The van der Waals surface area contributed by atoms with E-state index in [1.165, 1.54) is 23.8 Å². The van der Waals surface area contributed by atoms with Gasteiger partial charge < -0.3 is 4.74 Å². The van der Waals surface area contributed by atoms with Gasteiger partial charge in [0.05, 0.1) is 23.9 Å². The molecule has 3 rings (SSSR count). The fourth-order valence-corrected chi connectivity index (χ4v) is 3.05. The van der Waals surface area contributed by atoms with Crippen molar-refractivity contribution in [3.63, 3.8) is 0 Å². The third-order valence-electron chi connectivity index (χ3n) is 4.83. The lowest BCUT2D eigenvalue weighted by atomic mass is 10.1. The number of rotatable bonds is 6. The fourth-order valence-electron chi connectivity index (χ4n) is 3.05. The molecule has 0 atom stereocenters. The van der Waals surface area contributed by atoms with Crippen LogP contribution < -0.4 is 0 Å². The molecule has 1 heterocycles. The monoisotopic (exact) mass is 403 g/mol. The second kappa shape index (κ2) is 9.19. The highest BCUT2D eigenvalue weighted by Gasteiger charge is 2.11. The summed E-state index contributed by atoms with van der Waals surface area (Å²) in [5.74, 6) is -1.15. The van der Waals surface area contributed by atoms with E-state index in [9.17, 15) is 9.18 Å². The number of hydrogen-bond donors (Lipinski definition) is 0. The van der Waals surface area contributed by atoms with Gasteiger partial charge in [0.1, 0.15) is 12.4 Å². The van der Waals surface area contributed by atoms with Gasteiger partial charge in [0.25, 0.3) is 0 Å². The molecule has 0 aliphatic rings. The smallest absolute Gasteiger partial charge is 0.331 e. The van der Waals surface area contributed by atoms with Gasteiger partial charge >= 0.3 is 5.97 Å². The number of carbonyl (C=O) groups is 1. The van der Waals surface area contributed by atoms with Gasteiger partial charge in [-0.1, -0.05) is 35.9 Å². The number of aryl methyl sites for hydroxylation is 2. The van der Waals surface area contributed by atoms with Gasteiger partial charge in [-0.3, -0.25) is 4.68 Å². The lowest BCUT2D eigenvalue weighted by Crippen LogP contribution is -2.04. The van der Waals surface area contributed by atoms with Crippen molar-refractivity contribution in [1.29, 1.82) is 5.26 Å². The number of aromatic nitrogens is 2. The Morgan fingerprint density at radius 1 is 1.20 bits per heavy atom. The lowest BCUT2D eigenvalue weighted by Gasteiger charge is -2.05. The van der Waals surface area contributed by atoms with Crippen LogP contribution >= 0.6 is 0 Å². The Morgan fingerprint density at radius 2 is 1.93 bits per heavy atom. The van der Waals surface area contributed by atoms with Gasteiger partial charge in [-0.25, -0.2) is 9.18 Å². The second-order valence-corrected chi connectivity index (χ2v) is 7.09. The van der Waals surface area contributed by atoms with E-state index in [1.54, 1.807) is 6.08 Å². The quantitative estimate of drug-likeness (QED) is 0.445. The normalized spacial score (nSPS) is 10.9. The third-order valence-corrected chi connectivity index (χ3v) is 4.83. The molecular formula is C24H22FN3O2. The van der Waals surface area contributed by atoms with Crippen molar-refractivity contribution >= 4 is 12.0 Å². The third kappa shape index (κ3) is 5.00. The number of carbonyl (C=O) groups excluding carboxylic acids is 1. The number of ether oxygens (including phenoxy) is 1. The predicted molar refractivity (Wildman–Crippen MR) is 112 cm³/mol. The minimum absolute atomic E-state index is 0.203. The van der Waals surface area contributed by atoms with Crippen LogP contribution in [0.25, 0.3) is 6.08 Å². The summed E-state index contributed by atoms with van der Waals surface area (Å²) < 4.78 is 20.9. The number of esters is 1. The first-order chi connectivity index (χ1) is 14.4. The largest absolute Gasteiger partial charge is 0.458 e. The molecular weight excluding hydrogens is 381 g/mol. The Bertz CT molecular complexity index is 1140. The maximum Gasteiger partial charge on any atom is 0.331 e. The average molecular weight is 403 g/mol. The Hall–Kier alpha value is -3.72. The number of nitriles is 1. The van der Waals surface area contributed by atoms with Crippen molar-refractivity contribution in [2.24, 2.45) is 0 Å². The van der Waals surface area contributed by atoms with Gasteiger partial charge in [0.15, 0.2) is 0 Å². The summed E-state index contributed by atoms with van der Waals surface area (Å²) in [4.78, 5) is 12.1. The van der Waals surface area contributed by atoms with Crippen molar-refractivity contribution in [2.45, 2.75) is 33.9 Å². The molecule has 3 aromatic rings. The minimum Gasteiger partial charge on any atom is -0.458 e. The van der Waals surface area contributed by atoms with Gasteiger partial charge in [-0.2, -0.15) is 10.4 Å². The number of hydrogen-bond acceptors (Lipinski definition) is 4. The molecule has 0 N–H and O–H groups in total. The highest BCUT2D eigenvalue weighted by atomic mass is 19.1. The van der Waals surface area contributed by atoms with Crippen LogP contribution in [-0.2, 0) is 22.7 Å². The Kier molecular flexibility index (Phi) is 6.43. The molecule has 0 saturated carbocycles. The van der Waals surface area contributed by atoms with E-state index in [1.807, 2.05) is 31.5 Å². The highest BCUT2D eigenvalue weighted by Crippen LogP contribution is 2.17. The first-order valence-electron chi connectivity index (χ1n) is 9.50. The van der Waals surface area contributed by atoms with E-state index in [-0.39, 0.29) is 17.7 Å². The van der Waals surface area contributed by atoms with Crippen LogP contribution in [0.4, 0.5) is 4.39 Å². The Balaban J connectivity index is 1.65. The van der Waals surface area contributed by atoms with Crippen molar-refractivity contribution < 1.29 is 13.9 Å². The van der Waals surface area contributed by atoms with Gasteiger partial charge in [0.2, 0.25) is 0 Å². The molecule has 0 bridgehead atoms. The molecule has 0 fully saturated rings. The molecule has 0 radical (unpaired) electrons. The Morgan fingerprint density at radius 3 is 2.60 bits per heavy atom. The van der Waals surface area contributed by atoms with Crippen LogP contribution in [-0.4, -0.2) is 15.7 Å². The van der Waals surface area contributed by atoms with Crippen LogP contribution in [0.3, 0.4) is 0 Å². The molecule has 0 aliphatic heterocycles. The van der Waals surface area contributed by atoms with Gasteiger partial charge in [0, 0.05) is 22.9 Å². The van der Waals surface area contributed by atoms with Crippen molar-refractivity contribution in [2.75, 3.05) is 0 Å². The summed E-state index contributed by atoms with van der Waals surface area (Å²) in [6.45, 7) is 6.32. The van der Waals surface area contributed by atoms with Crippen LogP contribution in [0.1, 0.15) is 39.2 Å². The molecule has 2 aromatic carbocycles. The standard InChI is InChI=1S/C24H22FN3O2/c1-16-4-6-19(7-5-16)14-28-18(3)22(17(2)27-28)10-11-24(29)30-15-21-9-8-20(13-26)12-23(21)25/h4-12H,14-15H2,1-3H3. The van der Waals surface area contributed by atoms with E-state index in [4.69, 9.17) is 10.00 Å². The van der Waals surface area contributed by atoms with Crippen LogP contribution in [0.15, 0.2) is 48.5 Å². The molecule has 152 valence electrons. The van der Waals surface area contributed by atoms with Gasteiger partial charge in [-0.15, -0.1) is 0 Å². The van der Waals surface area contributed by atoms with E-state index in [0.717, 1.165) is 28.6 Å². The van der Waals surface area contributed by atoms with Crippen molar-refractivity contribution in [3.8, 4) is 6.07 Å². The Labute approximate surface area is 175 Å². The van der Waals surface area contributed by atoms with E-state index >= 15 is 0 Å². The van der Waals surface area contributed by atoms with Crippen LogP contribution in [0.2, 0.25) is 0 Å². The molecule has 1 aromatic heterocycles. The maximum absolute atomic E-state index is 13.9.